The highest BCUT2D eigenvalue weighted by Crippen LogP contribution is 2.12. The van der Waals surface area contributed by atoms with Gasteiger partial charge in [-0.05, 0) is 22.4 Å². The summed E-state index contributed by atoms with van der Waals surface area (Å²) in [4.78, 5) is 2.66. The third-order valence-electron chi connectivity index (χ3n) is 1.28. The molecule has 7 nitrogen and oxygen atoms in total. The van der Waals surface area contributed by atoms with E-state index in [4.69, 9.17) is 5.53 Å². The van der Waals surface area contributed by atoms with E-state index < -0.39 is 0 Å². The minimum absolute atomic E-state index is 0.523. The summed E-state index contributed by atoms with van der Waals surface area (Å²) in [7, 11) is 1.79. The van der Waals surface area contributed by atoms with Crippen LogP contribution in [0.5, 0.6) is 0 Å². The number of azide groups is 1. The number of nitrogens with zero attached hydrogens (tertiary/aromatic N) is 7. The molecule has 8 heteroatoms. The lowest BCUT2D eigenvalue weighted by Crippen LogP contribution is -1.94. The van der Waals surface area contributed by atoms with Crippen LogP contribution in [0.1, 0.15) is 6.42 Å². The summed E-state index contributed by atoms with van der Waals surface area (Å²) >= 11 is 1.55. The maximum Gasteiger partial charge on any atom is 0.209 e. The number of aryl methyl sites for hydroxylation is 1. The Morgan fingerprint density at radius 2 is 2.54 bits per heavy atom. The van der Waals surface area contributed by atoms with Crippen LogP contribution in [-0.4, -0.2) is 32.5 Å². The van der Waals surface area contributed by atoms with Crippen molar-refractivity contribution in [2.45, 2.75) is 11.6 Å². The van der Waals surface area contributed by atoms with E-state index in [1.165, 1.54) is 0 Å². The molecule has 0 aliphatic heterocycles. The van der Waals surface area contributed by atoms with Crippen molar-refractivity contribution in [2.24, 2.45) is 12.2 Å². The van der Waals surface area contributed by atoms with Crippen LogP contribution in [0.3, 0.4) is 0 Å². The van der Waals surface area contributed by atoms with E-state index in [0.29, 0.717) is 6.54 Å². The first-order valence-corrected chi connectivity index (χ1v) is 4.69. The summed E-state index contributed by atoms with van der Waals surface area (Å²) < 4.78 is 1.61. The number of aromatic nitrogens is 4. The largest absolute Gasteiger partial charge is 0.224 e. The fourth-order valence-corrected chi connectivity index (χ4v) is 1.46. The van der Waals surface area contributed by atoms with Gasteiger partial charge in [0, 0.05) is 24.3 Å². The van der Waals surface area contributed by atoms with Gasteiger partial charge in [-0.25, -0.2) is 4.68 Å². The first-order chi connectivity index (χ1) is 6.34. The Hall–Kier alpha value is -1.27. The SMILES string of the molecule is Cn1nnnc1SCCCN=[N+]=[N-]. The second-order valence-electron chi connectivity index (χ2n) is 2.24. The summed E-state index contributed by atoms with van der Waals surface area (Å²) in [5, 5.41) is 15.2. The minimum Gasteiger partial charge on any atom is -0.224 e. The molecule has 13 heavy (non-hydrogen) atoms. The van der Waals surface area contributed by atoms with Gasteiger partial charge in [-0.2, -0.15) is 0 Å². The van der Waals surface area contributed by atoms with E-state index in [9.17, 15) is 0 Å². The minimum atomic E-state index is 0.523. The molecule has 0 aliphatic carbocycles. The standard InChI is InChI=1S/C5H9N7S/c1-12-5(8-10-11-12)13-4-2-3-7-9-6/h2-4H2,1H3. The molecule has 70 valence electrons. The lowest BCUT2D eigenvalue weighted by atomic mass is 10.5. The summed E-state index contributed by atoms with van der Waals surface area (Å²) in [5.41, 5.74) is 8.01. The van der Waals surface area contributed by atoms with Crippen LogP contribution in [0.25, 0.3) is 10.4 Å². The molecule has 1 aromatic heterocycles. The third kappa shape index (κ3) is 3.30. The zero-order chi connectivity index (χ0) is 9.52. The molecule has 0 radical (unpaired) electrons. The van der Waals surface area contributed by atoms with Gasteiger partial charge in [0.15, 0.2) is 0 Å². The fourth-order valence-electron chi connectivity index (χ4n) is 0.687. The molecule has 0 aromatic carbocycles. The molecule has 0 saturated heterocycles. The second-order valence-corrected chi connectivity index (χ2v) is 3.30. The smallest absolute Gasteiger partial charge is 0.209 e. The lowest BCUT2D eigenvalue weighted by Gasteiger charge is -1.95. The van der Waals surface area contributed by atoms with Crippen LogP contribution in [0.15, 0.2) is 10.3 Å². The monoisotopic (exact) mass is 199 g/mol. The Morgan fingerprint density at radius 1 is 1.69 bits per heavy atom. The van der Waals surface area contributed by atoms with Crippen LogP contribution in [0.4, 0.5) is 0 Å². The number of hydrogen-bond acceptors (Lipinski definition) is 5. The maximum absolute atomic E-state index is 8.01. The van der Waals surface area contributed by atoms with Crippen molar-refractivity contribution in [3.63, 3.8) is 0 Å². The molecule has 1 rings (SSSR count). The number of rotatable bonds is 5. The van der Waals surface area contributed by atoms with Crippen molar-refractivity contribution in [2.75, 3.05) is 12.3 Å². The Kier molecular flexibility index (Phi) is 4.07. The van der Waals surface area contributed by atoms with Gasteiger partial charge in [0.05, 0.1) is 0 Å². The van der Waals surface area contributed by atoms with Crippen molar-refractivity contribution < 1.29 is 0 Å². The summed E-state index contributed by atoms with van der Waals surface area (Å²) in [6.07, 6.45) is 0.835. The highest BCUT2D eigenvalue weighted by molar-refractivity contribution is 7.99. The molecule has 0 bridgehead atoms. The number of hydrogen-bond donors (Lipinski definition) is 0. The van der Waals surface area contributed by atoms with Crippen molar-refractivity contribution in [1.29, 1.82) is 0 Å². The summed E-state index contributed by atoms with van der Waals surface area (Å²) in [6.45, 7) is 0.523. The first kappa shape index (κ1) is 9.82. The van der Waals surface area contributed by atoms with Crippen LogP contribution >= 0.6 is 11.8 Å². The quantitative estimate of drug-likeness (QED) is 0.232. The van der Waals surface area contributed by atoms with Crippen LogP contribution < -0.4 is 0 Å². The van der Waals surface area contributed by atoms with Crippen LogP contribution in [-0.2, 0) is 7.05 Å². The van der Waals surface area contributed by atoms with Crippen molar-refractivity contribution >= 4 is 11.8 Å². The highest BCUT2D eigenvalue weighted by atomic mass is 32.2. The van der Waals surface area contributed by atoms with Gasteiger partial charge >= 0.3 is 0 Å². The lowest BCUT2D eigenvalue weighted by molar-refractivity contribution is 0.664. The van der Waals surface area contributed by atoms with Crippen molar-refractivity contribution in [3.05, 3.63) is 10.4 Å². The second kappa shape index (κ2) is 5.39. The predicted octanol–water partition coefficient (Wildman–Crippen LogP) is 1.00. The van der Waals surface area contributed by atoms with E-state index in [0.717, 1.165) is 17.3 Å². The molecule has 0 N–H and O–H groups in total. The Balaban J connectivity index is 2.20. The fraction of sp³-hybridized carbons (Fsp3) is 0.800. The van der Waals surface area contributed by atoms with Crippen LogP contribution in [0, 0.1) is 0 Å². The van der Waals surface area contributed by atoms with Gasteiger partial charge in [-0.1, -0.05) is 16.9 Å². The van der Waals surface area contributed by atoms with E-state index in [2.05, 4.69) is 25.6 Å². The maximum atomic E-state index is 8.01. The molecule has 0 atom stereocenters. The van der Waals surface area contributed by atoms with Gasteiger partial charge in [0.1, 0.15) is 0 Å². The number of thioether (sulfide) groups is 1. The Morgan fingerprint density at radius 3 is 3.15 bits per heavy atom. The van der Waals surface area contributed by atoms with E-state index in [1.54, 1.807) is 23.5 Å². The van der Waals surface area contributed by atoms with E-state index in [-0.39, 0.29) is 0 Å². The average molecular weight is 199 g/mol. The molecule has 0 aliphatic rings. The third-order valence-corrected chi connectivity index (χ3v) is 2.37. The molecule has 1 aromatic rings. The average Bonchev–Trinajstić information content (AvgIpc) is 2.52. The predicted molar refractivity (Wildman–Crippen MR) is 48.2 cm³/mol. The highest BCUT2D eigenvalue weighted by Gasteiger charge is 2.00. The molecule has 0 fully saturated rings. The van der Waals surface area contributed by atoms with E-state index >= 15 is 0 Å². The van der Waals surface area contributed by atoms with Crippen molar-refractivity contribution in [1.82, 2.24) is 20.2 Å². The molecule has 0 unspecified atom stereocenters. The Bertz CT molecular complexity index is 302. The van der Waals surface area contributed by atoms with Gasteiger partial charge in [0.2, 0.25) is 5.16 Å². The number of tetrazole rings is 1. The van der Waals surface area contributed by atoms with Crippen molar-refractivity contribution in [3.8, 4) is 0 Å². The topological polar surface area (TPSA) is 92.4 Å². The molecule has 0 spiro atoms. The first-order valence-electron chi connectivity index (χ1n) is 3.70. The molecular formula is C5H9N7S. The Labute approximate surface area is 79.1 Å². The zero-order valence-corrected chi connectivity index (χ0v) is 7.98. The normalized spacial score (nSPS) is 9.62. The van der Waals surface area contributed by atoms with Gasteiger partial charge in [0.25, 0.3) is 0 Å². The molecule has 0 amide bonds. The molecule has 0 saturated carbocycles. The van der Waals surface area contributed by atoms with Crippen LogP contribution in [0.2, 0.25) is 0 Å². The summed E-state index contributed by atoms with van der Waals surface area (Å²) in [6, 6.07) is 0. The summed E-state index contributed by atoms with van der Waals surface area (Å²) in [5.74, 6) is 0.854. The zero-order valence-electron chi connectivity index (χ0n) is 7.16. The molecule has 1 heterocycles. The van der Waals surface area contributed by atoms with Gasteiger partial charge in [-0.15, -0.1) is 5.10 Å². The van der Waals surface area contributed by atoms with E-state index in [1.807, 2.05) is 0 Å². The van der Waals surface area contributed by atoms with Gasteiger partial charge in [-0.3, -0.25) is 0 Å². The molecular weight excluding hydrogens is 190 g/mol. The van der Waals surface area contributed by atoms with Gasteiger partial charge < -0.3 is 0 Å².